The molecule has 0 radical (unpaired) electrons. The Hall–Kier alpha value is -2.30. The van der Waals surface area contributed by atoms with Gasteiger partial charge in [0.25, 0.3) is 5.91 Å². The summed E-state index contributed by atoms with van der Waals surface area (Å²) in [6.07, 6.45) is 3.83. The fourth-order valence-corrected chi connectivity index (χ4v) is 2.64. The summed E-state index contributed by atoms with van der Waals surface area (Å²) in [7, 11) is 0. The molecule has 0 atom stereocenters. The molecule has 2 aromatic rings. The van der Waals surface area contributed by atoms with Crippen molar-refractivity contribution in [2.75, 3.05) is 19.7 Å². The predicted octanol–water partition coefficient (Wildman–Crippen LogP) is 2.90. The second-order valence-electron chi connectivity index (χ2n) is 5.44. The zero-order valence-corrected chi connectivity index (χ0v) is 13.8. The Kier molecular flexibility index (Phi) is 6.20. The van der Waals surface area contributed by atoms with Gasteiger partial charge in [0.2, 0.25) is 0 Å². The van der Waals surface area contributed by atoms with Crippen LogP contribution in [0.25, 0.3) is 10.9 Å². The molecule has 5 nitrogen and oxygen atoms in total. The number of esters is 1. The van der Waals surface area contributed by atoms with Crippen molar-refractivity contribution in [2.24, 2.45) is 0 Å². The maximum absolute atomic E-state index is 11.8. The summed E-state index contributed by atoms with van der Waals surface area (Å²) >= 11 is 0. The maximum atomic E-state index is 11.8. The van der Waals surface area contributed by atoms with Gasteiger partial charge in [-0.05, 0) is 38.3 Å². The van der Waals surface area contributed by atoms with Gasteiger partial charge in [0, 0.05) is 36.6 Å². The summed E-state index contributed by atoms with van der Waals surface area (Å²) in [6, 6.07) is 8.10. The van der Waals surface area contributed by atoms with E-state index in [2.05, 4.69) is 11.1 Å². The monoisotopic (exact) mass is 316 g/mol. The molecular formula is C18H24N2O3. The minimum atomic E-state index is -0.314. The largest absolute Gasteiger partial charge is 0.456 e. The number of nitrogens with one attached hydrogen (secondary N) is 1. The lowest BCUT2D eigenvalue weighted by molar-refractivity contribution is -0.152. The van der Waals surface area contributed by atoms with Crippen molar-refractivity contribution in [3.8, 4) is 0 Å². The van der Waals surface area contributed by atoms with Crippen molar-refractivity contribution in [1.82, 2.24) is 9.88 Å². The van der Waals surface area contributed by atoms with Gasteiger partial charge in [0.15, 0.2) is 6.61 Å². The van der Waals surface area contributed by atoms with Crippen molar-refractivity contribution in [2.45, 2.75) is 33.1 Å². The van der Waals surface area contributed by atoms with E-state index in [1.54, 1.807) is 4.90 Å². The molecule has 0 fully saturated rings. The molecule has 0 aliphatic rings. The minimum absolute atomic E-state index is 0.139. The second-order valence-corrected chi connectivity index (χ2v) is 5.44. The molecule has 0 saturated carbocycles. The van der Waals surface area contributed by atoms with Gasteiger partial charge < -0.3 is 14.6 Å². The Labute approximate surface area is 136 Å². The molecule has 0 saturated heterocycles. The Morgan fingerprint density at radius 1 is 1.17 bits per heavy atom. The van der Waals surface area contributed by atoms with E-state index in [4.69, 9.17) is 4.74 Å². The highest BCUT2D eigenvalue weighted by Crippen LogP contribution is 2.19. The van der Waals surface area contributed by atoms with Gasteiger partial charge >= 0.3 is 5.97 Å². The lowest BCUT2D eigenvalue weighted by Gasteiger charge is -2.18. The highest BCUT2D eigenvalue weighted by atomic mass is 16.5. The van der Waals surface area contributed by atoms with Crippen LogP contribution in [0.3, 0.4) is 0 Å². The first-order valence-corrected chi connectivity index (χ1v) is 8.14. The first kappa shape index (κ1) is 17.1. The fourth-order valence-electron chi connectivity index (χ4n) is 2.64. The number of aromatic amines is 1. The number of carbonyl (C=O) groups excluding carboxylic acids is 2. The molecule has 1 N–H and O–H groups in total. The minimum Gasteiger partial charge on any atom is -0.456 e. The van der Waals surface area contributed by atoms with E-state index in [0.717, 1.165) is 11.9 Å². The van der Waals surface area contributed by atoms with Crippen molar-refractivity contribution in [3.05, 3.63) is 36.0 Å². The summed E-state index contributed by atoms with van der Waals surface area (Å²) in [4.78, 5) is 28.4. The number of carbonyl (C=O) groups is 2. The molecule has 0 aliphatic heterocycles. The number of benzene rings is 1. The lowest BCUT2D eigenvalue weighted by atomic mass is 10.1. The molecule has 1 amide bonds. The van der Waals surface area contributed by atoms with Crippen LogP contribution >= 0.6 is 0 Å². The van der Waals surface area contributed by atoms with Crippen LogP contribution in [0.5, 0.6) is 0 Å². The van der Waals surface area contributed by atoms with Crippen molar-refractivity contribution >= 4 is 22.8 Å². The van der Waals surface area contributed by atoms with E-state index in [9.17, 15) is 9.59 Å². The molecule has 0 spiro atoms. The van der Waals surface area contributed by atoms with Crippen LogP contribution in [-0.2, 0) is 20.7 Å². The number of amides is 1. The van der Waals surface area contributed by atoms with Gasteiger partial charge in [-0.3, -0.25) is 9.59 Å². The number of hydrogen-bond acceptors (Lipinski definition) is 3. The number of H-pyrrole nitrogens is 1. The third-order valence-corrected chi connectivity index (χ3v) is 3.97. The quantitative estimate of drug-likeness (QED) is 0.762. The first-order valence-electron chi connectivity index (χ1n) is 8.14. The van der Waals surface area contributed by atoms with E-state index in [1.165, 1.54) is 10.9 Å². The highest BCUT2D eigenvalue weighted by Gasteiger charge is 2.12. The molecule has 2 rings (SSSR count). The van der Waals surface area contributed by atoms with Gasteiger partial charge in [-0.1, -0.05) is 18.2 Å². The summed E-state index contributed by atoms with van der Waals surface area (Å²) in [5.74, 6) is -0.453. The molecule has 5 heteroatoms. The third kappa shape index (κ3) is 4.58. The lowest BCUT2D eigenvalue weighted by Crippen LogP contribution is -2.34. The second kappa shape index (κ2) is 8.36. The number of likely N-dealkylation sites (N-methyl/N-ethyl adjacent to an activating group) is 1. The van der Waals surface area contributed by atoms with Gasteiger partial charge in [0.05, 0.1) is 0 Å². The third-order valence-electron chi connectivity index (χ3n) is 3.97. The number of rotatable bonds is 8. The van der Waals surface area contributed by atoms with Crippen LogP contribution in [0.4, 0.5) is 0 Å². The van der Waals surface area contributed by atoms with E-state index in [-0.39, 0.29) is 18.5 Å². The van der Waals surface area contributed by atoms with E-state index in [0.29, 0.717) is 25.9 Å². The summed E-state index contributed by atoms with van der Waals surface area (Å²) in [5.41, 5.74) is 2.31. The number of fused-ring (bicyclic) bond motifs is 1. The maximum Gasteiger partial charge on any atom is 0.306 e. The van der Waals surface area contributed by atoms with Crippen LogP contribution in [0.15, 0.2) is 30.5 Å². The summed E-state index contributed by atoms with van der Waals surface area (Å²) in [5, 5.41) is 1.19. The molecule has 23 heavy (non-hydrogen) atoms. The Balaban J connectivity index is 1.74. The normalized spacial score (nSPS) is 10.7. The van der Waals surface area contributed by atoms with Crippen LogP contribution in [0.2, 0.25) is 0 Å². The number of aryl methyl sites for hydroxylation is 1. The average Bonchev–Trinajstić information content (AvgIpc) is 2.97. The number of ether oxygens (including phenoxy) is 1. The van der Waals surface area contributed by atoms with Gasteiger partial charge in [-0.25, -0.2) is 0 Å². The van der Waals surface area contributed by atoms with Crippen molar-refractivity contribution in [1.29, 1.82) is 0 Å². The molecular weight excluding hydrogens is 292 g/mol. The standard InChI is InChI=1S/C18H24N2O3/c1-3-20(4-2)17(21)13-23-18(22)11-7-8-14-12-19-16-10-6-5-9-15(14)16/h5-6,9-10,12,19H,3-4,7-8,11,13H2,1-2H3. The number of hydrogen-bond donors (Lipinski definition) is 1. The SMILES string of the molecule is CCN(CC)C(=O)COC(=O)CCCc1c[nH]c2ccccc12. The first-order chi connectivity index (χ1) is 11.2. The van der Waals surface area contributed by atoms with E-state index in [1.807, 2.05) is 38.2 Å². The molecule has 124 valence electrons. The molecule has 0 aliphatic carbocycles. The predicted molar refractivity (Wildman–Crippen MR) is 90.1 cm³/mol. The Morgan fingerprint density at radius 3 is 2.65 bits per heavy atom. The topological polar surface area (TPSA) is 62.4 Å². The average molecular weight is 316 g/mol. The van der Waals surface area contributed by atoms with Crippen molar-refractivity contribution < 1.29 is 14.3 Å². The van der Waals surface area contributed by atoms with Crippen LogP contribution < -0.4 is 0 Å². The fraction of sp³-hybridized carbons (Fsp3) is 0.444. The zero-order chi connectivity index (χ0) is 16.7. The van der Waals surface area contributed by atoms with Crippen LogP contribution in [-0.4, -0.2) is 41.5 Å². The number of aromatic nitrogens is 1. The molecule has 1 aromatic heterocycles. The Bertz CT molecular complexity index is 659. The summed E-state index contributed by atoms with van der Waals surface area (Å²) < 4.78 is 5.06. The van der Waals surface area contributed by atoms with Gasteiger partial charge in [-0.2, -0.15) is 0 Å². The smallest absolute Gasteiger partial charge is 0.306 e. The van der Waals surface area contributed by atoms with E-state index < -0.39 is 0 Å². The van der Waals surface area contributed by atoms with Gasteiger partial charge in [0.1, 0.15) is 0 Å². The van der Waals surface area contributed by atoms with E-state index >= 15 is 0 Å². The molecule has 0 unspecified atom stereocenters. The number of para-hydroxylation sites is 1. The number of nitrogens with zero attached hydrogens (tertiary/aromatic N) is 1. The van der Waals surface area contributed by atoms with Crippen LogP contribution in [0, 0.1) is 0 Å². The molecule has 0 bridgehead atoms. The summed E-state index contributed by atoms with van der Waals surface area (Å²) in [6.45, 7) is 4.92. The molecule has 1 heterocycles. The Morgan fingerprint density at radius 2 is 1.91 bits per heavy atom. The van der Waals surface area contributed by atoms with Crippen molar-refractivity contribution in [3.63, 3.8) is 0 Å². The highest BCUT2D eigenvalue weighted by molar-refractivity contribution is 5.83. The molecule has 1 aromatic carbocycles. The zero-order valence-electron chi connectivity index (χ0n) is 13.8. The van der Waals surface area contributed by atoms with Crippen LogP contribution in [0.1, 0.15) is 32.3 Å². The van der Waals surface area contributed by atoms with Gasteiger partial charge in [-0.15, -0.1) is 0 Å².